The molecule has 0 atom stereocenters. The van der Waals surface area contributed by atoms with Crippen LogP contribution in [0.2, 0.25) is 0 Å². The molecule has 0 spiro atoms. The van der Waals surface area contributed by atoms with Gasteiger partial charge in [-0.2, -0.15) is 0 Å². The maximum absolute atomic E-state index is 15.1. The second kappa shape index (κ2) is 6.44. The van der Waals surface area contributed by atoms with Crippen molar-refractivity contribution in [2.24, 2.45) is 0 Å². The lowest BCUT2D eigenvalue weighted by atomic mass is 9.82. The molecule has 0 bridgehead atoms. The fourth-order valence-corrected chi connectivity index (χ4v) is 3.79. The maximum Gasteiger partial charge on any atom is 0.134 e. The third kappa shape index (κ3) is 2.86. The number of rotatable bonds is 3. The molecule has 0 saturated carbocycles. The van der Waals surface area contributed by atoms with Crippen LogP contribution in [0.15, 0.2) is 54.6 Å². The molecule has 0 amide bonds. The van der Waals surface area contributed by atoms with Gasteiger partial charge in [0.2, 0.25) is 0 Å². The minimum absolute atomic E-state index is 0.174. The van der Waals surface area contributed by atoms with E-state index in [1.807, 2.05) is 12.1 Å². The van der Waals surface area contributed by atoms with Crippen LogP contribution in [-0.4, -0.2) is 0 Å². The van der Waals surface area contributed by atoms with E-state index >= 15 is 4.39 Å². The number of hydrogen-bond donors (Lipinski definition) is 0. The van der Waals surface area contributed by atoms with Crippen molar-refractivity contribution in [2.75, 3.05) is 0 Å². The summed E-state index contributed by atoms with van der Waals surface area (Å²) in [6.45, 7) is 2.18. The Hall–Kier alpha value is -2.48. The second-order valence-corrected chi connectivity index (χ2v) is 6.70. The van der Waals surface area contributed by atoms with E-state index in [0.29, 0.717) is 17.5 Å². The standard InChI is InChI=1S/C23H20F2/c1-2-3-15-4-10-19-17(14-15)7-11-22-21(19)13-12-20(23(22)25)16-5-8-18(24)9-6-16/h4-6,8-10,12-14H,2-3,7,11H2,1H3. The molecule has 0 radical (unpaired) electrons. The topological polar surface area (TPSA) is 0 Å². The molecule has 4 rings (SSSR count). The SMILES string of the molecule is CCCc1ccc2c(c1)CCc1c-2ccc(-c2ccc(F)cc2)c1F. The van der Waals surface area contributed by atoms with Crippen LogP contribution in [-0.2, 0) is 19.3 Å². The van der Waals surface area contributed by atoms with Gasteiger partial charge in [0.1, 0.15) is 11.6 Å². The zero-order chi connectivity index (χ0) is 17.4. The maximum atomic E-state index is 15.1. The van der Waals surface area contributed by atoms with Crippen LogP contribution in [0.3, 0.4) is 0 Å². The average molecular weight is 334 g/mol. The van der Waals surface area contributed by atoms with E-state index in [1.54, 1.807) is 12.1 Å². The van der Waals surface area contributed by atoms with Gasteiger partial charge in [0.15, 0.2) is 0 Å². The number of halogens is 2. The normalized spacial score (nSPS) is 12.6. The van der Waals surface area contributed by atoms with Crippen LogP contribution >= 0.6 is 0 Å². The van der Waals surface area contributed by atoms with E-state index in [0.717, 1.165) is 36.0 Å². The molecular weight excluding hydrogens is 314 g/mol. The summed E-state index contributed by atoms with van der Waals surface area (Å²) in [5.74, 6) is -0.480. The molecule has 1 aliphatic carbocycles. The van der Waals surface area contributed by atoms with Crippen LogP contribution in [0.25, 0.3) is 22.3 Å². The first-order valence-corrected chi connectivity index (χ1v) is 8.87. The lowest BCUT2D eigenvalue weighted by Crippen LogP contribution is -2.08. The summed E-state index contributed by atoms with van der Waals surface area (Å²) in [5.41, 5.74) is 6.84. The highest BCUT2D eigenvalue weighted by Crippen LogP contribution is 2.38. The van der Waals surface area contributed by atoms with E-state index in [2.05, 4.69) is 25.1 Å². The van der Waals surface area contributed by atoms with Crippen LogP contribution in [0.4, 0.5) is 8.78 Å². The number of fused-ring (bicyclic) bond motifs is 3. The van der Waals surface area contributed by atoms with Gasteiger partial charge in [0.05, 0.1) is 0 Å². The van der Waals surface area contributed by atoms with Crippen LogP contribution in [0.1, 0.15) is 30.0 Å². The summed E-state index contributed by atoms with van der Waals surface area (Å²) in [7, 11) is 0. The van der Waals surface area contributed by atoms with Gasteiger partial charge in [-0.05, 0) is 64.8 Å². The molecule has 0 heterocycles. The molecule has 0 fully saturated rings. The van der Waals surface area contributed by atoms with Crippen molar-refractivity contribution in [3.8, 4) is 22.3 Å². The Kier molecular flexibility index (Phi) is 4.12. The zero-order valence-electron chi connectivity index (χ0n) is 14.3. The first kappa shape index (κ1) is 16.0. The molecule has 0 aromatic heterocycles. The Labute approximate surface area is 147 Å². The third-order valence-corrected chi connectivity index (χ3v) is 5.04. The van der Waals surface area contributed by atoms with Gasteiger partial charge in [-0.1, -0.05) is 55.8 Å². The molecule has 1 aliphatic rings. The van der Waals surface area contributed by atoms with Gasteiger partial charge < -0.3 is 0 Å². The minimum atomic E-state index is -0.307. The monoisotopic (exact) mass is 334 g/mol. The van der Waals surface area contributed by atoms with Crippen molar-refractivity contribution >= 4 is 0 Å². The van der Waals surface area contributed by atoms with Crippen LogP contribution < -0.4 is 0 Å². The molecule has 25 heavy (non-hydrogen) atoms. The molecule has 126 valence electrons. The molecule has 2 heteroatoms. The average Bonchev–Trinajstić information content (AvgIpc) is 2.63. The quantitative estimate of drug-likeness (QED) is 0.523. The van der Waals surface area contributed by atoms with Crippen molar-refractivity contribution in [3.63, 3.8) is 0 Å². The second-order valence-electron chi connectivity index (χ2n) is 6.70. The predicted molar refractivity (Wildman–Crippen MR) is 98.6 cm³/mol. The summed E-state index contributed by atoms with van der Waals surface area (Å²) >= 11 is 0. The summed E-state index contributed by atoms with van der Waals surface area (Å²) in [5, 5.41) is 0. The van der Waals surface area contributed by atoms with E-state index in [-0.39, 0.29) is 11.6 Å². The fraction of sp³-hybridized carbons (Fsp3) is 0.217. The Morgan fingerprint density at radius 1 is 0.800 bits per heavy atom. The van der Waals surface area contributed by atoms with E-state index in [9.17, 15) is 4.39 Å². The Morgan fingerprint density at radius 3 is 2.28 bits per heavy atom. The van der Waals surface area contributed by atoms with Gasteiger partial charge in [-0.25, -0.2) is 8.78 Å². The van der Waals surface area contributed by atoms with E-state index < -0.39 is 0 Å². The molecule has 0 saturated heterocycles. The highest BCUT2D eigenvalue weighted by molar-refractivity contribution is 5.78. The molecule has 0 N–H and O–H groups in total. The van der Waals surface area contributed by atoms with Gasteiger partial charge in [-0.3, -0.25) is 0 Å². The summed E-state index contributed by atoms with van der Waals surface area (Å²) in [6, 6.07) is 16.4. The van der Waals surface area contributed by atoms with Crippen molar-refractivity contribution in [1.82, 2.24) is 0 Å². The van der Waals surface area contributed by atoms with Crippen LogP contribution in [0, 0.1) is 11.6 Å². The first-order valence-electron chi connectivity index (χ1n) is 8.87. The largest absolute Gasteiger partial charge is 0.207 e. The van der Waals surface area contributed by atoms with Gasteiger partial charge in [-0.15, -0.1) is 0 Å². The molecule has 0 nitrogen and oxygen atoms in total. The summed E-state index contributed by atoms with van der Waals surface area (Å²) in [6.07, 6.45) is 3.78. The van der Waals surface area contributed by atoms with Gasteiger partial charge in [0, 0.05) is 5.56 Å². The summed E-state index contributed by atoms with van der Waals surface area (Å²) < 4.78 is 28.3. The molecular formula is C23H20F2. The highest BCUT2D eigenvalue weighted by atomic mass is 19.1. The Morgan fingerprint density at radius 2 is 1.52 bits per heavy atom. The lowest BCUT2D eigenvalue weighted by molar-refractivity contribution is 0.610. The van der Waals surface area contributed by atoms with E-state index in [4.69, 9.17) is 0 Å². The number of benzene rings is 3. The van der Waals surface area contributed by atoms with Crippen LogP contribution in [0.5, 0.6) is 0 Å². The zero-order valence-corrected chi connectivity index (χ0v) is 14.3. The number of aryl methyl sites for hydroxylation is 2. The molecule has 3 aromatic rings. The molecule has 0 unspecified atom stereocenters. The predicted octanol–water partition coefficient (Wildman–Crippen LogP) is 6.35. The summed E-state index contributed by atoms with van der Waals surface area (Å²) in [4.78, 5) is 0. The van der Waals surface area contributed by atoms with Gasteiger partial charge >= 0.3 is 0 Å². The van der Waals surface area contributed by atoms with Crippen molar-refractivity contribution in [2.45, 2.75) is 32.6 Å². The third-order valence-electron chi connectivity index (χ3n) is 5.04. The highest BCUT2D eigenvalue weighted by Gasteiger charge is 2.21. The first-order chi connectivity index (χ1) is 12.2. The fourth-order valence-electron chi connectivity index (χ4n) is 3.79. The van der Waals surface area contributed by atoms with E-state index in [1.165, 1.54) is 23.3 Å². The molecule has 3 aromatic carbocycles. The van der Waals surface area contributed by atoms with Crippen molar-refractivity contribution in [1.29, 1.82) is 0 Å². The Bertz CT molecular complexity index is 924. The lowest BCUT2D eigenvalue weighted by Gasteiger charge is -2.22. The van der Waals surface area contributed by atoms with Gasteiger partial charge in [0.25, 0.3) is 0 Å². The molecule has 0 aliphatic heterocycles. The minimum Gasteiger partial charge on any atom is -0.207 e. The van der Waals surface area contributed by atoms with Crippen molar-refractivity contribution in [3.05, 3.63) is 82.9 Å². The van der Waals surface area contributed by atoms with Crippen molar-refractivity contribution < 1.29 is 8.78 Å². The smallest absolute Gasteiger partial charge is 0.134 e. The Balaban J connectivity index is 1.79. The number of hydrogen-bond acceptors (Lipinski definition) is 0.